The number of carbonyl (C=O) groups is 1. The summed E-state index contributed by atoms with van der Waals surface area (Å²) in [7, 11) is 0. The lowest BCUT2D eigenvalue weighted by atomic mass is 10.1. The molecule has 1 heterocycles. The maximum Gasteiger partial charge on any atom is 0.162 e. The zero-order valence-electron chi connectivity index (χ0n) is 10.7. The highest BCUT2D eigenvalue weighted by Gasteiger charge is 2.06. The number of benzene rings is 2. The van der Waals surface area contributed by atoms with Gasteiger partial charge in [0.15, 0.2) is 5.78 Å². The Morgan fingerprint density at radius 2 is 1.84 bits per heavy atom. The van der Waals surface area contributed by atoms with Gasteiger partial charge in [-0.25, -0.2) is 4.98 Å². The van der Waals surface area contributed by atoms with Crippen molar-refractivity contribution in [2.24, 2.45) is 0 Å². The fourth-order valence-electron chi connectivity index (χ4n) is 2.11. The Morgan fingerprint density at radius 1 is 1.11 bits per heavy atom. The van der Waals surface area contributed by atoms with Crippen molar-refractivity contribution in [3.8, 4) is 11.4 Å². The van der Waals surface area contributed by atoms with Crippen molar-refractivity contribution in [3.63, 3.8) is 0 Å². The van der Waals surface area contributed by atoms with E-state index in [9.17, 15) is 4.79 Å². The summed E-state index contributed by atoms with van der Waals surface area (Å²) in [4.78, 5) is 19.4. The summed E-state index contributed by atoms with van der Waals surface area (Å²) >= 11 is 0. The highest BCUT2D eigenvalue weighted by molar-refractivity contribution is 5.96. The molecule has 0 bridgehead atoms. The van der Waals surface area contributed by atoms with Gasteiger partial charge in [0.1, 0.15) is 5.82 Å². The second kappa shape index (κ2) is 4.69. The molecule has 0 aliphatic rings. The molecule has 0 saturated heterocycles. The molecule has 1 aromatic heterocycles. The van der Waals surface area contributed by atoms with Crippen LogP contribution in [0.2, 0.25) is 0 Å². The second-order valence-electron chi connectivity index (χ2n) is 4.46. The van der Waals surface area contributed by atoms with E-state index in [4.69, 9.17) is 0 Å². The highest BCUT2D eigenvalue weighted by Crippen LogP contribution is 2.20. The van der Waals surface area contributed by atoms with Crippen LogP contribution in [0.5, 0.6) is 0 Å². The monoisotopic (exact) mass is 250 g/mol. The molecule has 3 rings (SSSR count). The lowest BCUT2D eigenvalue weighted by Gasteiger charge is -1.99. The number of H-pyrrole nitrogens is 1. The molecule has 19 heavy (non-hydrogen) atoms. The molecule has 0 radical (unpaired) electrons. The second-order valence-corrected chi connectivity index (χ2v) is 4.46. The van der Waals surface area contributed by atoms with Crippen LogP contribution in [0.25, 0.3) is 22.4 Å². The molecule has 0 atom stereocenters. The zero-order valence-corrected chi connectivity index (χ0v) is 10.7. The van der Waals surface area contributed by atoms with E-state index >= 15 is 0 Å². The van der Waals surface area contributed by atoms with Gasteiger partial charge in [-0.2, -0.15) is 0 Å². The van der Waals surface area contributed by atoms with Gasteiger partial charge in [0.25, 0.3) is 0 Å². The number of Topliss-reactive ketones (excluding diaryl/α,β-unsaturated/α-hetero) is 1. The maximum absolute atomic E-state index is 11.6. The zero-order chi connectivity index (χ0) is 13.2. The first-order chi connectivity index (χ1) is 9.28. The Labute approximate surface area is 111 Å². The fourth-order valence-corrected chi connectivity index (χ4v) is 2.11. The third kappa shape index (κ3) is 2.15. The molecule has 3 nitrogen and oxygen atoms in total. The smallest absolute Gasteiger partial charge is 0.162 e. The van der Waals surface area contributed by atoms with Gasteiger partial charge in [-0.15, -0.1) is 0 Å². The summed E-state index contributed by atoms with van der Waals surface area (Å²) in [6.45, 7) is 1.87. The first-order valence-electron chi connectivity index (χ1n) is 6.36. The summed E-state index contributed by atoms with van der Waals surface area (Å²) in [6.07, 6.45) is 0.532. The van der Waals surface area contributed by atoms with Crippen molar-refractivity contribution in [3.05, 3.63) is 54.1 Å². The normalized spacial score (nSPS) is 10.8. The molecule has 0 amide bonds. The topological polar surface area (TPSA) is 45.8 Å². The summed E-state index contributed by atoms with van der Waals surface area (Å²) in [5.41, 5.74) is 3.71. The van der Waals surface area contributed by atoms with E-state index in [1.54, 1.807) is 0 Å². The molecule has 94 valence electrons. The number of fused-ring (bicyclic) bond motifs is 1. The fraction of sp³-hybridized carbons (Fsp3) is 0.125. The number of carbonyl (C=O) groups excluding carboxylic acids is 1. The lowest BCUT2D eigenvalue weighted by molar-refractivity contribution is 0.0988. The summed E-state index contributed by atoms with van der Waals surface area (Å²) in [5, 5.41) is 0. The van der Waals surface area contributed by atoms with Crippen LogP contribution in [0.3, 0.4) is 0 Å². The van der Waals surface area contributed by atoms with Crippen LogP contribution in [0, 0.1) is 0 Å². The average molecular weight is 250 g/mol. The molecule has 1 N–H and O–H groups in total. The van der Waals surface area contributed by atoms with Crippen LogP contribution < -0.4 is 0 Å². The number of para-hydroxylation sites is 2. The molecule has 3 heteroatoms. The van der Waals surface area contributed by atoms with Crippen LogP contribution in [0.1, 0.15) is 23.7 Å². The number of aromatic nitrogens is 2. The van der Waals surface area contributed by atoms with Crippen LogP contribution >= 0.6 is 0 Å². The van der Waals surface area contributed by atoms with Crippen molar-refractivity contribution in [1.82, 2.24) is 9.97 Å². The minimum absolute atomic E-state index is 0.163. The summed E-state index contributed by atoms with van der Waals surface area (Å²) in [6, 6.07) is 15.5. The number of nitrogens with zero attached hydrogens (tertiary/aromatic N) is 1. The molecular weight excluding hydrogens is 236 g/mol. The molecule has 0 fully saturated rings. The van der Waals surface area contributed by atoms with Crippen LogP contribution in [0.15, 0.2) is 48.5 Å². The molecule has 0 spiro atoms. The van der Waals surface area contributed by atoms with Crippen molar-refractivity contribution in [1.29, 1.82) is 0 Å². The SMILES string of the molecule is CCC(=O)c1ccc(-c2nc3ccccc3[nH]2)cc1. The van der Waals surface area contributed by atoms with Crippen molar-refractivity contribution < 1.29 is 4.79 Å². The minimum Gasteiger partial charge on any atom is -0.338 e. The predicted molar refractivity (Wildman–Crippen MR) is 76.2 cm³/mol. The summed E-state index contributed by atoms with van der Waals surface area (Å²) < 4.78 is 0. The van der Waals surface area contributed by atoms with Crippen molar-refractivity contribution in [2.75, 3.05) is 0 Å². The third-order valence-electron chi connectivity index (χ3n) is 3.19. The Hall–Kier alpha value is -2.42. The lowest BCUT2D eigenvalue weighted by Crippen LogP contribution is -1.95. The first-order valence-corrected chi connectivity index (χ1v) is 6.36. The van der Waals surface area contributed by atoms with E-state index in [2.05, 4.69) is 9.97 Å². The van der Waals surface area contributed by atoms with Gasteiger partial charge in [0.2, 0.25) is 0 Å². The first kappa shape index (κ1) is 11.7. The largest absolute Gasteiger partial charge is 0.338 e. The number of rotatable bonds is 3. The molecule has 0 aliphatic carbocycles. The van der Waals surface area contributed by atoms with Gasteiger partial charge in [-0.3, -0.25) is 4.79 Å². The Balaban J connectivity index is 1.99. The van der Waals surface area contributed by atoms with Gasteiger partial charge in [0.05, 0.1) is 11.0 Å². The molecule has 0 aliphatic heterocycles. The number of hydrogen-bond acceptors (Lipinski definition) is 2. The number of imidazole rings is 1. The maximum atomic E-state index is 11.6. The Morgan fingerprint density at radius 3 is 2.53 bits per heavy atom. The van der Waals surface area contributed by atoms with Crippen molar-refractivity contribution >= 4 is 16.8 Å². The minimum atomic E-state index is 0.163. The average Bonchev–Trinajstić information content (AvgIpc) is 2.90. The van der Waals surface area contributed by atoms with E-state index in [-0.39, 0.29) is 5.78 Å². The Bertz CT molecular complexity index is 693. The summed E-state index contributed by atoms with van der Waals surface area (Å²) in [5.74, 6) is 0.993. The van der Waals surface area contributed by atoms with Gasteiger partial charge >= 0.3 is 0 Å². The number of hydrogen-bond donors (Lipinski definition) is 1. The quantitative estimate of drug-likeness (QED) is 0.718. The van der Waals surface area contributed by atoms with Gasteiger partial charge in [0, 0.05) is 17.5 Å². The van der Waals surface area contributed by atoms with E-state index in [0.717, 1.165) is 28.0 Å². The van der Waals surface area contributed by atoms with E-state index in [1.807, 2.05) is 55.5 Å². The standard InChI is InChI=1S/C16H14N2O/c1-2-15(19)11-7-9-12(10-8-11)16-17-13-5-3-4-6-14(13)18-16/h3-10H,2H2,1H3,(H,17,18). The molecule has 0 saturated carbocycles. The molecule has 3 aromatic rings. The number of aromatic amines is 1. The Kier molecular flexibility index (Phi) is 2.88. The number of ketones is 1. The van der Waals surface area contributed by atoms with Gasteiger partial charge in [-0.1, -0.05) is 43.3 Å². The van der Waals surface area contributed by atoms with Crippen LogP contribution in [-0.4, -0.2) is 15.8 Å². The van der Waals surface area contributed by atoms with E-state index in [1.165, 1.54) is 0 Å². The molecule has 2 aromatic carbocycles. The van der Waals surface area contributed by atoms with Crippen LogP contribution in [0.4, 0.5) is 0 Å². The number of nitrogens with one attached hydrogen (secondary N) is 1. The molecule has 0 unspecified atom stereocenters. The third-order valence-corrected chi connectivity index (χ3v) is 3.19. The van der Waals surface area contributed by atoms with Crippen LogP contribution in [-0.2, 0) is 0 Å². The molecular formula is C16H14N2O. The van der Waals surface area contributed by atoms with Gasteiger partial charge in [-0.05, 0) is 12.1 Å². The highest BCUT2D eigenvalue weighted by atomic mass is 16.1. The van der Waals surface area contributed by atoms with E-state index < -0.39 is 0 Å². The van der Waals surface area contributed by atoms with E-state index in [0.29, 0.717) is 6.42 Å². The predicted octanol–water partition coefficient (Wildman–Crippen LogP) is 3.82. The van der Waals surface area contributed by atoms with Crippen molar-refractivity contribution in [2.45, 2.75) is 13.3 Å². The van der Waals surface area contributed by atoms with Gasteiger partial charge < -0.3 is 4.98 Å².